The molecule has 0 saturated carbocycles. The van der Waals surface area contributed by atoms with Crippen LogP contribution in [0, 0.1) is 5.82 Å². The lowest BCUT2D eigenvalue weighted by atomic mass is 10.1. The van der Waals surface area contributed by atoms with E-state index in [1.807, 2.05) is 17.7 Å². The number of hydrogen-bond acceptors (Lipinski definition) is 4. The number of urea groups is 1. The van der Waals surface area contributed by atoms with Crippen molar-refractivity contribution in [1.82, 2.24) is 19.9 Å². The molecule has 2 aromatic rings. The minimum atomic E-state index is -0.452. The Morgan fingerprint density at radius 1 is 1.48 bits per heavy atom. The monoisotopic (exact) mass is 319 g/mol. The highest BCUT2D eigenvalue weighted by atomic mass is 19.1. The van der Waals surface area contributed by atoms with Crippen LogP contribution in [0.25, 0.3) is 0 Å². The van der Waals surface area contributed by atoms with Crippen molar-refractivity contribution in [3.8, 4) is 0 Å². The third-order valence-electron chi connectivity index (χ3n) is 3.72. The molecule has 8 heteroatoms. The summed E-state index contributed by atoms with van der Waals surface area (Å²) in [6.45, 7) is 3.37. The lowest BCUT2D eigenvalue weighted by molar-refractivity contribution is 0.0906. The maximum absolute atomic E-state index is 12.8. The zero-order chi connectivity index (χ0) is 16.2. The minimum absolute atomic E-state index is 0.178. The zero-order valence-corrected chi connectivity index (χ0v) is 12.7. The normalized spacial score (nSPS) is 20.4. The van der Waals surface area contributed by atoms with E-state index >= 15 is 0 Å². The van der Waals surface area contributed by atoms with Crippen molar-refractivity contribution >= 4 is 11.8 Å². The molecule has 3 heterocycles. The number of aryl methyl sites for hydroxylation is 1. The average molecular weight is 319 g/mol. The van der Waals surface area contributed by atoms with Crippen molar-refractivity contribution in [3.63, 3.8) is 0 Å². The zero-order valence-electron chi connectivity index (χ0n) is 12.7. The molecule has 0 radical (unpaired) electrons. The fourth-order valence-corrected chi connectivity index (χ4v) is 2.61. The molecule has 0 unspecified atom stereocenters. The van der Waals surface area contributed by atoms with E-state index in [0.29, 0.717) is 13.0 Å². The molecule has 2 atom stereocenters. The molecule has 2 N–H and O–H groups in total. The summed E-state index contributed by atoms with van der Waals surface area (Å²) >= 11 is 0. The Balaban J connectivity index is 1.64. The third kappa shape index (κ3) is 3.48. The van der Waals surface area contributed by atoms with Crippen LogP contribution in [0.5, 0.6) is 0 Å². The van der Waals surface area contributed by atoms with E-state index in [-0.39, 0.29) is 18.0 Å². The molecule has 7 nitrogen and oxygen atoms in total. The molecule has 23 heavy (non-hydrogen) atoms. The molecular formula is C15H18FN5O2. The van der Waals surface area contributed by atoms with Crippen molar-refractivity contribution in [2.75, 3.05) is 11.9 Å². The van der Waals surface area contributed by atoms with E-state index in [0.717, 1.165) is 18.6 Å². The molecule has 0 aromatic carbocycles. The van der Waals surface area contributed by atoms with Gasteiger partial charge in [-0.25, -0.2) is 19.2 Å². The number of carbonyl (C=O) groups excluding carboxylic acids is 1. The highest BCUT2D eigenvalue weighted by Gasteiger charge is 2.33. The van der Waals surface area contributed by atoms with E-state index in [1.165, 1.54) is 12.1 Å². The van der Waals surface area contributed by atoms with Crippen LogP contribution >= 0.6 is 0 Å². The second-order valence-electron chi connectivity index (χ2n) is 5.22. The summed E-state index contributed by atoms with van der Waals surface area (Å²) in [5.41, 5.74) is 0. The number of halogens is 1. The quantitative estimate of drug-likeness (QED) is 0.904. The Morgan fingerprint density at radius 3 is 3.09 bits per heavy atom. The molecule has 1 fully saturated rings. The van der Waals surface area contributed by atoms with Gasteiger partial charge < -0.3 is 14.6 Å². The fourth-order valence-electron chi connectivity index (χ4n) is 2.61. The van der Waals surface area contributed by atoms with Crippen molar-refractivity contribution < 1.29 is 13.9 Å². The first-order valence-corrected chi connectivity index (χ1v) is 7.49. The Kier molecular flexibility index (Phi) is 4.52. The predicted octanol–water partition coefficient (Wildman–Crippen LogP) is 2.09. The summed E-state index contributed by atoms with van der Waals surface area (Å²) < 4.78 is 20.5. The van der Waals surface area contributed by atoms with Crippen LogP contribution in [-0.4, -0.2) is 33.2 Å². The van der Waals surface area contributed by atoms with Gasteiger partial charge in [0.2, 0.25) is 0 Å². The first-order chi connectivity index (χ1) is 11.2. The van der Waals surface area contributed by atoms with E-state index in [2.05, 4.69) is 20.6 Å². The van der Waals surface area contributed by atoms with Gasteiger partial charge >= 0.3 is 6.03 Å². The van der Waals surface area contributed by atoms with Gasteiger partial charge in [-0.1, -0.05) is 0 Å². The van der Waals surface area contributed by atoms with Crippen LogP contribution in [0.4, 0.5) is 15.0 Å². The van der Waals surface area contributed by atoms with E-state index in [4.69, 9.17) is 4.74 Å². The number of ether oxygens (including phenoxy) is 1. The lowest BCUT2D eigenvalue weighted by Crippen LogP contribution is -2.40. The van der Waals surface area contributed by atoms with Crippen LogP contribution in [0.1, 0.15) is 25.3 Å². The highest BCUT2D eigenvalue weighted by Crippen LogP contribution is 2.28. The fraction of sp³-hybridized carbons (Fsp3) is 0.400. The number of anilines is 1. The summed E-state index contributed by atoms with van der Waals surface area (Å²) in [7, 11) is 0. The Hall–Kier alpha value is -2.48. The third-order valence-corrected chi connectivity index (χ3v) is 3.72. The second-order valence-corrected chi connectivity index (χ2v) is 5.22. The van der Waals surface area contributed by atoms with Crippen LogP contribution in [0.3, 0.4) is 0 Å². The summed E-state index contributed by atoms with van der Waals surface area (Å²) in [5, 5.41) is 5.45. The SMILES string of the molecule is CCn1ccnc1[C@H]1OCC[C@@H]1NC(=O)Nc1ccc(F)cn1. The van der Waals surface area contributed by atoms with Crippen LogP contribution in [-0.2, 0) is 11.3 Å². The van der Waals surface area contributed by atoms with Crippen molar-refractivity contribution in [1.29, 1.82) is 0 Å². The first kappa shape index (κ1) is 15.4. The standard InChI is InChI=1S/C15H18FN5O2/c1-2-21-7-6-17-14(21)13-11(5-8-23-13)19-15(22)20-12-4-3-10(16)9-18-12/h3-4,6-7,9,11,13H,2,5,8H2,1H3,(H2,18,19,20,22)/t11-,13-/m0/s1. The van der Waals surface area contributed by atoms with Crippen LogP contribution in [0.2, 0.25) is 0 Å². The first-order valence-electron chi connectivity index (χ1n) is 7.49. The summed E-state index contributed by atoms with van der Waals surface area (Å²) in [6.07, 6.45) is 5.08. The molecule has 1 saturated heterocycles. The molecule has 0 spiro atoms. The van der Waals surface area contributed by atoms with Gasteiger partial charge in [0.1, 0.15) is 23.6 Å². The number of carbonyl (C=O) groups is 1. The topological polar surface area (TPSA) is 81.1 Å². The van der Waals surface area contributed by atoms with E-state index in [9.17, 15) is 9.18 Å². The number of rotatable bonds is 4. The Bertz CT molecular complexity index is 673. The Labute approximate surface area is 132 Å². The smallest absolute Gasteiger partial charge is 0.320 e. The molecule has 0 aliphatic carbocycles. The molecule has 122 valence electrons. The van der Waals surface area contributed by atoms with Gasteiger partial charge in [0.15, 0.2) is 0 Å². The van der Waals surface area contributed by atoms with Gasteiger partial charge in [-0.15, -0.1) is 0 Å². The number of nitrogens with one attached hydrogen (secondary N) is 2. The maximum atomic E-state index is 12.8. The van der Waals surface area contributed by atoms with Crippen LogP contribution in [0.15, 0.2) is 30.7 Å². The van der Waals surface area contributed by atoms with Crippen molar-refractivity contribution in [2.45, 2.75) is 32.0 Å². The number of imidazole rings is 1. The number of nitrogens with zero attached hydrogens (tertiary/aromatic N) is 3. The molecule has 1 aliphatic rings. The van der Waals surface area contributed by atoms with Gasteiger partial charge in [-0.3, -0.25) is 5.32 Å². The molecule has 2 amide bonds. The van der Waals surface area contributed by atoms with E-state index in [1.54, 1.807) is 6.20 Å². The largest absolute Gasteiger partial charge is 0.368 e. The van der Waals surface area contributed by atoms with Crippen LogP contribution < -0.4 is 10.6 Å². The summed E-state index contributed by atoms with van der Waals surface area (Å²) in [5.74, 6) is 0.635. The highest BCUT2D eigenvalue weighted by molar-refractivity contribution is 5.88. The molecule has 0 bridgehead atoms. The number of pyridine rings is 1. The van der Waals surface area contributed by atoms with Crippen molar-refractivity contribution in [3.05, 3.63) is 42.4 Å². The van der Waals surface area contributed by atoms with Crippen molar-refractivity contribution in [2.24, 2.45) is 0 Å². The van der Waals surface area contributed by atoms with Gasteiger partial charge in [0.05, 0.1) is 12.2 Å². The molecule has 3 rings (SSSR count). The van der Waals surface area contributed by atoms with Gasteiger partial charge in [-0.2, -0.15) is 0 Å². The predicted molar refractivity (Wildman–Crippen MR) is 81.3 cm³/mol. The minimum Gasteiger partial charge on any atom is -0.368 e. The van der Waals surface area contributed by atoms with E-state index < -0.39 is 11.8 Å². The second kappa shape index (κ2) is 6.74. The van der Waals surface area contributed by atoms with Gasteiger partial charge in [-0.05, 0) is 25.5 Å². The van der Waals surface area contributed by atoms with Gasteiger partial charge in [0, 0.05) is 25.5 Å². The number of aromatic nitrogens is 3. The summed E-state index contributed by atoms with van der Waals surface area (Å²) in [6, 6.07) is 2.06. The molecule has 2 aromatic heterocycles. The molecule has 1 aliphatic heterocycles. The lowest BCUT2D eigenvalue weighted by Gasteiger charge is -2.20. The van der Waals surface area contributed by atoms with Gasteiger partial charge in [0.25, 0.3) is 0 Å². The molecular weight excluding hydrogens is 301 g/mol. The number of hydrogen-bond donors (Lipinski definition) is 2. The summed E-state index contributed by atoms with van der Waals surface area (Å²) in [4.78, 5) is 20.2. The Morgan fingerprint density at radius 2 is 2.35 bits per heavy atom. The maximum Gasteiger partial charge on any atom is 0.320 e. The number of amides is 2. The average Bonchev–Trinajstić information content (AvgIpc) is 3.17.